The smallest absolute Gasteiger partial charge is 0.318 e. The van der Waals surface area contributed by atoms with Crippen LogP contribution in [0.25, 0.3) is 0 Å². The van der Waals surface area contributed by atoms with Gasteiger partial charge in [0.1, 0.15) is 11.6 Å². The number of nitrogens with one attached hydrogen (secondary N) is 2. The van der Waals surface area contributed by atoms with Gasteiger partial charge in [-0.15, -0.1) is 11.8 Å². The lowest BCUT2D eigenvalue weighted by molar-refractivity contribution is -0.138. The van der Waals surface area contributed by atoms with Gasteiger partial charge in [0, 0.05) is 43.5 Å². The van der Waals surface area contributed by atoms with E-state index in [0.29, 0.717) is 38.2 Å². The number of carbonyl (C=O) groups excluding carboxylic acids is 4. The Balaban J connectivity index is 1.68. The van der Waals surface area contributed by atoms with Crippen molar-refractivity contribution in [2.24, 2.45) is 17.8 Å². The summed E-state index contributed by atoms with van der Waals surface area (Å²) in [5.74, 6) is -0.127. The molecule has 8 nitrogen and oxygen atoms in total. The van der Waals surface area contributed by atoms with Crippen LogP contribution in [0, 0.1) is 17.8 Å². The fourth-order valence-electron chi connectivity index (χ4n) is 5.41. The molecule has 3 amide bonds. The van der Waals surface area contributed by atoms with Crippen molar-refractivity contribution in [3.63, 3.8) is 0 Å². The molecule has 0 aromatic carbocycles. The molecule has 0 bridgehead atoms. The Morgan fingerprint density at radius 2 is 1.91 bits per heavy atom. The van der Waals surface area contributed by atoms with E-state index in [1.165, 1.54) is 0 Å². The van der Waals surface area contributed by atoms with Crippen molar-refractivity contribution in [3.05, 3.63) is 0 Å². The topological polar surface area (TPSA) is 116 Å². The summed E-state index contributed by atoms with van der Waals surface area (Å²) >= 11 is 1.70. The highest BCUT2D eigenvalue weighted by atomic mass is 32.2. The molecule has 1 aliphatic carbocycles. The third-order valence-corrected chi connectivity index (χ3v) is 8.70. The number of nitrogens with zero attached hydrogens (tertiary/aromatic N) is 1. The maximum absolute atomic E-state index is 13.7. The molecule has 0 unspecified atom stereocenters. The van der Waals surface area contributed by atoms with E-state index in [-0.39, 0.29) is 42.3 Å². The number of hydrogen-bond acceptors (Lipinski definition) is 6. The van der Waals surface area contributed by atoms with Crippen LogP contribution in [0.4, 0.5) is 4.79 Å². The Hall–Kier alpha value is -1.61. The minimum absolute atomic E-state index is 0.00108. The Kier molecular flexibility index (Phi) is 9.83. The van der Waals surface area contributed by atoms with Crippen molar-refractivity contribution >= 4 is 35.3 Å². The molecule has 0 aromatic rings. The fourth-order valence-corrected chi connectivity index (χ4v) is 6.35. The molecule has 0 radical (unpaired) electrons. The number of rotatable bonds is 9. The normalized spacial score (nSPS) is 24.8. The zero-order valence-corrected chi connectivity index (χ0v) is 21.5. The Morgan fingerprint density at radius 1 is 1.18 bits per heavy atom. The summed E-state index contributed by atoms with van der Waals surface area (Å²) < 4.78 is 0. The summed E-state index contributed by atoms with van der Waals surface area (Å²) in [4.78, 5) is 53.5. The fraction of sp³-hybridized carbons (Fsp3) is 0.840. The molecule has 3 N–H and O–H groups in total. The number of ketones is 2. The van der Waals surface area contributed by atoms with E-state index in [4.69, 9.17) is 0 Å². The largest absolute Gasteiger partial charge is 0.385 e. The lowest BCUT2D eigenvalue weighted by Gasteiger charge is -2.39. The Morgan fingerprint density at radius 3 is 2.56 bits per heavy atom. The molecule has 2 saturated heterocycles. The van der Waals surface area contributed by atoms with Gasteiger partial charge in [0.2, 0.25) is 5.91 Å². The van der Waals surface area contributed by atoms with Gasteiger partial charge in [-0.3, -0.25) is 14.4 Å². The highest BCUT2D eigenvalue weighted by Crippen LogP contribution is 2.34. The molecule has 9 heteroatoms. The van der Waals surface area contributed by atoms with Crippen LogP contribution in [-0.2, 0) is 14.4 Å². The van der Waals surface area contributed by atoms with Gasteiger partial charge < -0.3 is 20.6 Å². The summed E-state index contributed by atoms with van der Waals surface area (Å²) in [6.07, 6.45) is 5.09. The van der Waals surface area contributed by atoms with Crippen molar-refractivity contribution in [2.75, 3.05) is 24.7 Å². The molecule has 0 spiro atoms. The Bertz CT molecular complexity index is 747. The van der Waals surface area contributed by atoms with Gasteiger partial charge >= 0.3 is 6.03 Å². The number of aliphatic hydroxyl groups excluding tert-OH is 1. The first-order valence-corrected chi connectivity index (χ1v) is 14.1. The van der Waals surface area contributed by atoms with E-state index >= 15 is 0 Å². The van der Waals surface area contributed by atoms with Gasteiger partial charge in [-0.05, 0) is 31.6 Å². The molecule has 3 fully saturated rings. The summed E-state index contributed by atoms with van der Waals surface area (Å²) in [7, 11) is 0. The van der Waals surface area contributed by atoms with Gasteiger partial charge in [-0.2, -0.15) is 0 Å². The van der Waals surface area contributed by atoms with Gasteiger partial charge in [0.15, 0.2) is 11.6 Å². The summed E-state index contributed by atoms with van der Waals surface area (Å²) in [5.41, 5.74) is -0.931. The van der Waals surface area contributed by atoms with Crippen molar-refractivity contribution < 1.29 is 24.3 Å². The summed E-state index contributed by atoms with van der Waals surface area (Å²) in [5, 5.41) is 16.9. The summed E-state index contributed by atoms with van der Waals surface area (Å²) in [6.45, 7) is 5.11. The van der Waals surface area contributed by atoms with Crippen LogP contribution < -0.4 is 10.6 Å². The van der Waals surface area contributed by atoms with Crippen LogP contribution in [-0.4, -0.2) is 69.9 Å². The lowest BCUT2D eigenvalue weighted by atomic mass is 9.73. The molecule has 3 aliphatic rings. The van der Waals surface area contributed by atoms with Gasteiger partial charge in [-0.1, -0.05) is 39.5 Å². The number of hydrogen-bond donors (Lipinski definition) is 3. The minimum atomic E-state index is -1.30. The third-order valence-electron chi connectivity index (χ3n) is 7.74. The molecule has 3 rings (SSSR count). The molecule has 2 heterocycles. The number of Topliss-reactive ketones (excluding diaryl/α,β-unsaturated/α-hetero) is 2. The molecule has 34 heavy (non-hydrogen) atoms. The highest BCUT2D eigenvalue weighted by Gasteiger charge is 2.44. The number of amides is 3. The zero-order chi connectivity index (χ0) is 24.7. The predicted octanol–water partition coefficient (Wildman–Crippen LogP) is 2.87. The average Bonchev–Trinajstić information content (AvgIpc) is 3.29. The minimum Gasteiger partial charge on any atom is -0.385 e. The van der Waals surface area contributed by atoms with Crippen LogP contribution in [0.2, 0.25) is 0 Å². The maximum Gasteiger partial charge on any atom is 0.318 e. The Labute approximate surface area is 207 Å². The SMILES string of the molecule is CC(C)[C@H](CC(=O)C1(NC(=O)N2CCSC2)CCCCC1)[C@H](O)C(=O)C[C@H]1CCCCNC1=O. The first-order valence-electron chi connectivity index (χ1n) is 12.9. The van der Waals surface area contributed by atoms with E-state index in [1.54, 1.807) is 16.7 Å². The zero-order valence-electron chi connectivity index (χ0n) is 20.6. The average molecular weight is 496 g/mol. The van der Waals surface area contributed by atoms with E-state index in [0.717, 1.165) is 37.9 Å². The second kappa shape index (κ2) is 12.4. The number of thioether (sulfide) groups is 1. The molecular weight excluding hydrogens is 454 g/mol. The predicted molar refractivity (Wildman–Crippen MR) is 132 cm³/mol. The second-order valence-electron chi connectivity index (χ2n) is 10.5. The van der Waals surface area contributed by atoms with Gasteiger partial charge in [0.25, 0.3) is 0 Å². The van der Waals surface area contributed by atoms with E-state index in [1.807, 2.05) is 13.8 Å². The van der Waals surface area contributed by atoms with Crippen LogP contribution in [0.3, 0.4) is 0 Å². The lowest BCUT2D eigenvalue weighted by Crippen LogP contribution is -2.59. The van der Waals surface area contributed by atoms with Crippen LogP contribution in [0.15, 0.2) is 0 Å². The molecule has 3 atom stereocenters. The first kappa shape index (κ1) is 27.0. The van der Waals surface area contributed by atoms with Crippen LogP contribution in [0.1, 0.15) is 78.1 Å². The van der Waals surface area contributed by atoms with E-state index < -0.39 is 23.5 Å². The number of urea groups is 1. The van der Waals surface area contributed by atoms with Crippen molar-refractivity contribution in [1.29, 1.82) is 0 Å². The summed E-state index contributed by atoms with van der Waals surface area (Å²) in [6, 6.07) is -0.197. The monoisotopic (exact) mass is 495 g/mol. The van der Waals surface area contributed by atoms with E-state index in [2.05, 4.69) is 10.6 Å². The number of carbonyl (C=O) groups is 4. The molecular formula is C25H41N3O5S. The van der Waals surface area contributed by atoms with Crippen molar-refractivity contribution in [2.45, 2.75) is 89.7 Å². The maximum atomic E-state index is 13.7. The van der Waals surface area contributed by atoms with Gasteiger partial charge in [0.05, 0.1) is 5.88 Å². The third kappa shape index (κ3) is 6.74. The second-order valence-corrected chi connectivity index (χ2v) is 11.6. The molecule has 0 aromatic heterocycles. The van der Waals surface area contributed by atoms with Crippen molar-refractivity contribution in [1.82, 2.24) is 15.5 Å². The van der Waals surface area contributed by atoms with Crippen molar-refractivity contribution in [3.8, 4) is 0 Å². The van der Waals surface area contributed by atoms with Crippen LogP contribution in [0.5, 0.6) is 0 Å². The number of aliphatic hydroxyl groups is 1. The first-order chi connectivity index (χ1) is 16.2. The standard InChI is InChI=1S/C25H41N3O5S/c1-17(2)19(22(31)20(29)14-18-8-4-7-11-26-23(18)32)15-21(30)25(9-5-3-6-10-25)27-24(33)28-12-13-34-16-28/h17-19,22,31H,3-16H2,1-2H3,(H,26,32)(H,27,33)/t18-,19+,22+/m1/s1. The quantitative estimate of drug-likeness (QED) is 0.453. The van der Waals surface area contributed by atoms with E-state index in [9.17, 15) is 24.3 Å². The molecule has 2 aliphatic heterocycles. The molecule has 1 saturated carbocycles. The van der Waals surface area contributed by atoms with Gasteiger partial charge in [-0.25, -0.2) is 4.79 Å². The highest BCUT2D eigenvalue weighted by molar-refractivity contribution is 7.99. The van der Waals surface area contributed by atoms with Crippen LogP contribution >= 0.6 is 11.8 Å². The molecule has 192 valence electrons.